The second-order valence-corrected chi connectivity index (χ2v) is 10.1. The Kier molecular flexibility index (Phi) is 10.2. The van der Waals surface area contributed by atoms with Crippen LogP contribution < -0.4 is 20.5 Å². The lowest BCUT2D eigenvalue weighted by molar-refractivity contribution is -0.134. The zero-order chi connectivity index (χ0) is 22.8. The van der Waals surface area contributed by atoms with Gasteiger partial charge in [-0.05, 0) is 37.0 Å². The minimum absolute atomic E-state index is 0.0534. The van der Waals surface area contributed by atoms with Crippen LogP contribution in [0.3, 0.4) is 0 Å². The zero-order valence-electron chi connectivity index (χ0n) is 17.7. The Morgan fingerprint density at radius 3 is 2.45 bits per heavy atom. The summed E-state index contributed by atoms with van der Waals surface area (Å²) in [5.74, 6) is -0.701. The molecule has 1 aliphatic heterocycles. The molecule has 8 nitrogen and oxygen atoms in total. The van der Waals surface area contributed by atoms with E-state index in [9.17, 15) is 19.2 Å². The molecule has 2 unspecified atom stereocenters. The van der Waals surface area contributed by atoms with Gasteiger partial charge in [0.1, 0.15) is 6.04 Å². The highest BCUT2D eigenvalue weighted by molar-refractivity contribution is 8.77. The van der Waals surface area contributed by atoms with Gasteiger partial charge in [-0.1, -0.05) is 34.1 Å². The number of ether oxygens (including phenoxy) is 2. The lowest BCUT2D eigenvalue weighted by atomic mass is 10.0. The van der Waals surface area contributed by atoms with Crippen molar-refractivity contribution in [1.82, 2.24) is 5.32 Å². The Hall–Kier alpha value is -2.20. The molecule has 1 fully saturated rings. The number of carbonyl (C=O) groups excluding carboxylic acids is 4. The van der Waals surface area contributed by atoms with Crippen molar-refractivity contribution in [2.24, 2.45) is 5.73 Å². The monoisotopic (exact) mass is 468 g/mol. The third kappa shape index (κ3) is 9.22. The molecule has 1 saturated heterocycles. The van der Waals surface area contributed by atoms with Crippen molar-refractivity contribution in [1.29, 1.82) is 0 Å². The summed E-state index contributed by atoms with van der Waals surface area (Å²) in [6.07, 6.45) is 4.49. The quantitative estimate of drug-likeness (QED) is 0.220. The second kappa shape index (κ2) is 12.6. The number of hydrogen-bond acceptors (Lipinski definition) is 8. The number of nitrogens with one attached hydrogen (secondary N) is 1. The van der Waals surface area contributed by atoms with Crippen molar-refractivity contribution in [2.75, 3.05) is 5.75 Å². The largest absolute Gasteiger partial charge is 0.423 e. The summed E-state index contributed by atoms with van der Waals surface area (Å²) < 4.78 is 10.1. The molecule has 0 spiro atoms. The summed E-state index contributed by atoms with van der Waals surface area (Å²) in [6, 6.07) is 3.66. The van der Waals surface area contributed by atoms with E-state index in [0.717, 1.165) is 19.3 Å². The van der Waals surface area contributed by atoms with E-state index in [1.807, 2.05) is 21.6 Å². The fourth-order valence-corrected chi connectivity index (χ4v) is 6.13. The SMILES string of the molecule is CC(=O)Oc1ccc(CC(NC(=O)CCCCC2CCSS2)C(N)=O)cc1OC(C)=O. The number of unbranched alkanes of at least 4 members (excludes halogenated alkanes) is 1. The lowest BCUT2D eigenvalue weighted by Gasteiger charge is -2.17. The van der Waals surface area contributed by atoms with Gasteiger partial charge < -0.3 is 20.5 Å². The first-order valence-electron chi connectivity index (χ1n) is 10.1. The van der Waals surface area contributed by atoms with E-state index in [1.165, 1.54) is 38.2 Å². The first-order chi connectivity index (χ1) is 14.7. The molecule has 1 aliphatic rings. The Balaban J connectivity index is 1.93. The van der Waals surface area contributed by atoms with Crippen molar-refractivity contribution in [3.05, 3.63) is 23.8 Å². The van der Waals surface area contributed by atoms with E-state index in [-0.39, 0.29) is 23.8 Å². The van der Waals surface area contributed by atoms with Crippen LogP contribution >= 0.6 is 21.6 Å². The van der Waals surface area contributed by atoms with Crippen LogP contribution in [0, 0.1) is 0 Å². The fraction of sp³-hybridized carbons (Fsp3) is 0.524. The van der Waals surface area contributed by atoms with Crippen molar-refractivity contribution >= 4 is 45.3 Å². The molecular formula is C21H28N2O6S2. The molecule has 3 N–H and O–H groups in total. The molecule has 1 aromatic rings. The number of hydrogen-bond donors (Lipinski definition) is 2. The van der Waals surface area contributed by atoms with Gasteiger partial charge in [0, 0.05) is 37.7 Å². The minimum Gasteiger partial charge on any atom is -0.423 e. The third-order valence-corrected chi connectivity index (χ3v) is 7.55. The van der Waals surface area contributed by atoms with E-state index in [1.54, 1.807) is 6.07 Å². The van der Waals surface area contributed by atoms with E-state index in [2.05, 4.69) is 5.32 Å². The highest BCUT2D eigenvalue weighted by Crippen LogP contribution is 2.39. The van der Waals surface area contributed by atoms with Gasteiger partial charge >= 0.3 is 11.9 Å². The Bertz CT molecular complexity index is 811. The Morgan fingerprint density at radius 1 is 1.13 bits per heavy atom. The predicted molar refractivity (Wildman–Crippen MR) is 121 cm³/mol. The fourth-order valence-electron chi connectivity index (χ4n) is 3.10. The molecule has 10 heteroatoms. The molecule has 1 heterocycles. The number of esters is 2. The normalized spacial score (nSPS) is 16.4. The summed E-state index contributed by atoms with van der Waals surface area (Å²) >= 11 is 0. The Labute approximate surface area is 189 Å². The molecule has 0 bridgehead atoms. The van der Waals surface area contributed by atoms with Gasteiger partial charge in [-0.2, -0.15) is 0 Å². The first-order valence-corrected chi connectivity index (χ1v) is 12.5. The van der Waals surface area contributed by atoms with Gasteiger partial charge in [-0.25, -0.2) is 0 Å². The number of carbonyl (C=O) groups is 4. The smallest absolute Gasteiger partial charge is 0.308 e. The van der Waals surface area contributed by atoms with Crippen molar-refractivity contribution in [3.8, 4) is 11.5 Å². The van der Waals surface area contributed by atoms with E-state index < -0.39 is 23.9 Å². The van der Waals surface area contributed by atoms with Crippen LogP contribution in [0.1, 0.15) is 51.5 Å². The number of primary amides is 1. The topological polar surface area (TPSA) is 125 Å². The van der Waals surface area contributed by atoms with Crippen LogP contribution in [0.25, 0.3) is 0 Å². The average Bonchev–Trinajstić information content (AvgIpc) is 3.19. The highest BCUT2D eigenvalue weighted by Gasteiger charge is 2.21. The van der Waals surface area contributed by atoms with Gasteiger partial charge in [-0.15, -0.1) is 0 Å². The second-order valence-electron chi connectivity index (χ2n) is 7.27. The van der Waals surface area contributed by atoms with Gasteiger partial charge in [0.2, 0.25) is 11.8 Å². The molecule has 0 radical (unpaired) electrons. The number of nitrogens with two attached hydrogens (primary N) is 1. The predicted octanol–water partition coefficient (Wildman–Crippen LogP) is 2.76. The van der Waals surface area contributed by atoms with Crippen LogP contribution in [-0.4, -0.2) is 40.8 Å². The van der Waals surface area contributed by atoms with Gasteiger partial charge in [0.15, 0.2) is 11.5 Å². The third-order valence-electron chi connectivity index (χ3n) is 4.54. The average molecular weight is 469 g/mol. The summed E-state index contributed by atoms with van der Waals surface area (Å²) in [6.45, 7) is 2.45. The molecule has 0 saturated carbocycles. The molecule has 2 rings (SSSR count). The number of rotatable bonds is 11. The number of amides is 2. The van der Waals surface area contributed by atoms with Gasteiger partial charge in [0.25, 0.3) is 0 Å². The first kappa shape index (κ1) is 25.1. The summed E-state index contributed by atoms with van der Waals surface area (Å²) in [7, 11) is 3.82. The van der Waals surface area contributed by atoms with E-state index >= 15 is 0 Å². The number of benzene rings is 1. The van der Waals surface area contributed by atoms with Crippen molar-refractivity contribution in [3.63, 3.8) is 0 Å². The van der Waals surface area contributed by atoms with Crippen LogP contribution in [0.4, 0.5) is 0 Å². The van der Waals surface area contributed by atoms with Crippen LogP contribution in [0.5, 0.6) is 11.5 Å². The van der Waals surface area contributed by atoms with Crippen LogP contribution in [0.15, 0.2) is 18.2 Å². The Morgan fingerprint density at radius 2 is 1.84 bits per heavy atom. The maximum Gasteiger partial charge on any atom is 0.308 e. The lowest BCUT2D eigenvalue weighted by Crippen LogP contribution is -2.45. The van der Waals surface area contributed by atoms with Crippen LogP contribution in [-0.2, 0) is 25.6 Å². The summed E-state index contributed by atoms with van der Waals surface area (Å²) in [5.41, 5.74) is 6.06. The van der Waals surface area contributed by atoms with E-state index in [4.69, 9.17) is 15.2 Å². The molecule has 2 atom stereocenters. The molecule has 170 valence electrons. The van der Waals surface area contributed by atoms with Crippen molar-refractivity contribution in [2.45, 2.75) is 63.7 Å². The molecule has 1 aromatic carbocycles. The van der Waals surface area contributed by atoms with Crippen molar-refractivity contribution < 1.29 is 28.7 Å². The highest BCUT2D eigenvalue weighted by atomic mass is 33.1. The maximum atomic E-state index is 12.3. The molecule has 0 aromatic heterocycles. The van der Waals surface area contributed by atoms with Crippen LogP contribution in [0.2, 0.25) is 0 Å². The maximum absolute atomic E-state index is 12.3. The van der Waals surface area contributed by atoms with Gasteiger partial charge in [-0.3, -0.25) is 19.2 Å². The minimum atomic E-state index is -0.904. The molecular weight excluding hydrogens is 440 g/mol. The summed E-state index contributed by atoms with van der Waals surface area (Å²) in [5, 5.41) is 3.36. The zero-order valence-corrected chi connectivity index (χ0v) is 19.3. The standard InChI is InChI=1S/C21H28N2O6S2/c1-13(24)28-18-8-7-15(12-19(18)29-14(2)25)11-17(21(22)27)23-20(26)6-4-3-5-16-9-10-30-31-16/h7-8,12,16-17H,3-6,9-11H2,1-2H3,(H2,22,27)(H,23,26). The summed E-state index contributed by atoms with van der Waals surface area (Å²) in [4.78, 5) is 46.7. The van der Waals surface area contributed by atoms with Gasteiger partial charge in [0.05, 0.1) is 0 Å². The molecule has 2 amide bonds. The molecule has 0 aliphatic carbocycles. The molecule has 31 heavy (non-hydrogen) atoms. The van der Waals surface area contributed by atoms with E-state index in [0.29, 0.717) is 17.2 Å².